The minimum Gasteiger partial charge on any atom is -0.496 e. The van der Waals surface area contributed by atoms with E-state index in [1.165, 1.54) is 5.56 Å². The largest absolute Gasteiger partial charge is 0.496 e. The van der Waals surface area contributed by atoms with Crippen molar-refractivity contribution in [1.82, 2.24) is 9.80 Å². The Balaban J connectivity index is 1.09. The molecular formula is C29H36N2O6. The molecule has 1 aliphatic carbocycles. The normalized spacial score (nSPS) is 30.8. The van der Waals surface area contributed by atoms with Gasteiger partial charge in [0.1, 0.15) is 18.5 Å². The lowest BCUT2D eigenvalue weighted by molar-refractivity contribution is -0.130. The highest BCUT2D eigenvalue weighted by atomic mass is 16.5. The standard InChI is InChI=1S/C29H36N2O6/c1-17-7-20-8-19(3-4-24(20)29(34)37-17)5-6-30-10-22-14-36-15-23(11-30)31(22)12-27(33)28-18(2)25-16-35-13-21(25)9-26(28)32/h3-4,8,13,17,22-23,27-28,33H,5-7,9-12,14-16H2,1-2H3/t17-,22?,23?,27-,28?/m0/s1. The maximum atomic E-state index is 12.9. The van der Waals surface area contributed by atoms with Crippen LogP contribution in [0.5, 0.6) is 0 Å². The van der Waals surface area contributed by atoms with Crippen molar-refractivity contribution in [2.45, 2.75) is 57.4 Å². The fourth-order valence-electron chi connectivity index (χ4n) is 6.81. The average molecular weight is 509 g/mol. The summed E-state index contributed by atoms with van der Waals surface area (Å²) in [5, 5.41) is 11.3. The van der Waals surface area contributed by atoms with E-state index in [-0.39, 0.29) is 29.9 Å². The van der Waals surface area contributed by atoms with Gasteiger partial charge in [0, 0.05) is 56.7 Å². The zero-order valence-corrected chi connectivity index (χ0v) is 21.7. The van der Waals surface area contributed by atoms with E-state index < -0.39 is 12.0 Å². The van der Waals surface area contributed by atoms with Crippen LogP contribution in [0.2, 0.25) is 0 Å². The van der Waals surface area contributed by atoms with Crippen LogP contribution in [0.1, 0.15) is 41.8 Å². The second kappa shape index (κ2) is 9.98. The molecule has 5 atom stereocenters. The number of piperazine rings is 1. The molecule has 0 amide bonds. The molecule has 5 aliphatic rings. The SMILES string of the molecule is CC1=C2COC=C2CC(=O)C1[C@@H](O)CN1C2COCC1CN(CCc1ccc3c(c1)C[C@H](C)OC3=O)C2. The number of ether oxygens (including phenoxy) is 3. The third-order valence-corrected chi connectivity index (χ3v) is 8.70. The number of cyclic esters (lactones) is 1. The van der Waals surface area contributed by atoms with Gasteiger partial charge in [0.25, 0.3) is 0 Å². The number of Topliss-reactive ketones (excluding diaryl/α,β-unsaturated/α-hetero) is 1. The van der Waals surface area contributed by atoms with Crippen LogP contribution < -0.4 is 0 Å². The molecular weight excluding hydrogens is 472 g/mol. The number of aliphatic hydroxyl groups is 1. The van der Waals surface area contributed by atoms with E-state index in [0.29, 0.717) is 38.3 Å². The van der Waals surface area contributed by atoms with Crippen molar-refractivity contribution in [3.05, 3.63) is 57.9 Å². The molecule has 1 aromatic carbocycles. The number of carbonyl (C=O) groups is 2. The molecule has 2 fully saturated rings. The van der Waals surface area contributed by atoms with Gasteiger partial charge in [-0.3, -0.25) is 14.6 Å². The number of ketones is 1. The van der Waals surface area contributed by atoms with Gasteiger partial charge in [-0.2, -0.15) is 0 Å². The second-order valence-electron chi connectivity index (χ2n) is 11.3. The summed E-state index contributed by atoms with van der Waals surface area (Å²) in [6.45, 7) is 8.84. The maximum Gasteiger partial charge on any atom is 0.338 e. The molecule has 8 nitrogen and oxygen atoms in total. The summed E-state index contributed by atoms with van der Waals surface area (Å²) >= 11 is 0. The van der Waals surface area contributed by atoms with Crippen LogP contribution in [-0.4, -0.2) is 97.0 Å². The molecule has 3 unspecified atom stereocenters. The molecule has 1 N–H and O–H groups in total. The number of rotatable bonds is 6. The van der Waals surface area contributed by atoms with Gasteiger partial charge in [-0.1, -0.05) is 17.7 Å². The van der Waals surface area contributed by atoms with Gasteiger partial charge in [-0.05, 0) is 43.0 Å². The van der Waals surface area contributed by atoms with E-state index >= 15 is 0 Å². The summed E-state index contributed by atoms with van der Waals surface area (Å²) < 4.78 is 16.7. The van der Waals surface area contributed by atoms with E-state index in [4.69, 9.17) is 14.2 Å². The van der Waals surface area contributed by atoms with Crippen molar-refractivity contribution in [2.24, 2.45) is 5.92 Å². The number of nitrogens with zero attached hydrogens (tertiary/aromatic N) is 2. The first-order chi connectivity index (χ1) is 17.9. The number of hydrogen-bond acceptors (Lipinski definition) is 8. The van der Waals surface area contributed by atoms with Crippen molar-refractivity contribution in [1.29, 1.82) is 0 Å². The van der Waals surface area contributed by atoms with E-state index in [0.717, 1.165) is 54.8 Å². The third-order valence-electron chi connectivity index (χ3n) is 8.70. The molecule has 4 aliphatic heterocycles. The van der Waals surface area contributed by atoms with Crippen molar-refractivity contribution in [2.75, 3.05) is 46.0 Å². The van der Waals surface area contributed by atoms with Gasteiger partial charge in [0.2, 0.25) is 0 Å². The van der Waals surface area contributed by atoms with Gasteiger partial charge < -0.3 is 19.3 Å². The lowest BCUT2D eigenvalue weighted by Crippen LogP contribution is -2.66. The number of morpholine rings is 1. The highest BCUT2D eigenvalue weighted by molar-refractivity contribution is 5.92. The molecule has 2 bridgehead atoms. The predicted octanol–water partition coefficient (Wildman–Crippen LogP) is 1.90. The Kier molecular flexibility index (Phi) is 6.69. The smallest absolute Gasteiger partial charge is 0.338 e. The van der Waals surface area contributed by atoms with E-state index in [1.54, 1.807) is 6.26 Å². The Morgan fingerprint density at radius 1 is 1.16 bits per heavy atom. The molecule has 0 aromatic heterocycles. The zero-order chi connectivity index (χ0) is 25.7. The van der Waals surface area contributed by atoms with Crippen LogP contribution in [-0.2, 0) is 31.8 Å². The number of hydrogen-bond donors (Lipinski definition) is 1. The number of benzene rings is 1. The molecule has 2 saturated heterocycles. The van der Waals surface area contributed by atoms with Crippen LogP contribution in [0, 0.1) is 5.92 Å². The van der Waals surface area contributed by atoms with Crippen LogP contribution in [0.15, 0.2) is 41.2 Å². The van der Waals surface area contributed by atoms with Crippen LogP contribution in [0.3, 0.4) is 0 Å². The van der Waals surface area contributed by atoms with Gasteiger partial charge in [-0.25, -0.2) is 4.79 Å². The fourth-order valence-corrected chi connectivity index (χ4v) is 6.81. The minimum atomic E-state index is -0.735. The minimum absolute atomic E-state index is 0.0769. The van der Waals surface area contributed by atoms with Crippen LogP contribution in [0.25, 0.3) is 0 Å². The summed E-state index contributed by atoms with van der Waals surface area (Å²) in [6.07, 6.45) is 2.91. The van der Waals surface area contributed by atoms with Gasteiger partial charge in [-0.15, -0.1) is 0 Å². The topological polar surface area (TPSA) is 88.5 Å². The van der Waals surface area contributed by atoms with E-state index in [2.05, 4.69) is 15.9 Å². The van der Waals surface area contributed by atoms with Crippen molar-refractivity contribution >= 4 is 11.8 Å². The van der Waals surface area contributed by atoms with Crippen LogP contribution in [0.4, 0.5) is 0 Å². The third kappa shape index (κ3) is 4.76. The maximum absolute atomic E-state index is 12.9. The number of aliphatic hydroxyl groups excluding tert-OH is 1. The molecule has 0 radical (unpaired) electrons. The highest BCUT2D eigenvalue weighted by Crippen LogP contribution is 2.37. The van der Waals surface area contributed by atoms with E-state index in [1.807, 2.05) is 26.0 Å². The summed E-state index contributed by atoms with van der Waals surface area (Å²) in [6, 6.07) is 6.50. The molecule has 6 rings (SSSR count). The highest BCUT2D eigenvalue weighted by Gasteiger charge is 2.42. The molecule has 198 valence electrons. The van der Waals surface area contributed by atoms with Gasteiger partial charge in [0.05, 0.1) is 37.1 Å². The second-order valence-corrected chi connectivity index (χ2v) is 11.3. The van der Waals surface area contributed by atoms with Gasteiger partial charge in [0.15, 0.2) is 0 Å². The molecule has 8 heteroatoms. The van der Waals surface area contributed by atoms with Crippen molar-refractivity contribution < 1.29 is 28.9 Å². The molecule has 1 aromatic rings. The Hall–Kier alpha value is -2.52. The Morgan fingerprint density at radius 3 is 2.73 bits per heavy atom. The molecule has 37 heavy (non-hydrogen) atoms. The number of fused-ring (bicyclic) bond motifs is 4. The zero-order valence-electron chi connectivity index (χ0n) is 21.7. The monoisotopic (exact) mass is 508 g/mol. The Morgan fingerprint density at radius 2 is 1.95 bits per heavy atom. The summed E-state index contributed by atoms with van der Waals surface area (Å²) in [5.41, 5.74) is 6.03. The number of esters is 1. The van der Waals surface area contributed by atoms with E-state index in [9.17, 15) is 14.7 Å². The number of carbonyl (C=O) groups excluding carboxylic acids is 2. The Labute approximate surface area is 217 Å². The molecule has 0 saturated carbocycles. The van der Waals surface area contributed by atoms with Gasteiger partial charge >= 0.3 is 5.97 Å². The quantitative estimate of drug-likeness (QED) is 0.583. The lowest BCUT2D eigenvalue weighted by atomic mass is 9.77. The molecule has 0 spiro atoms. The van der Waals surface area contributed by atoms with Crippen molar-refractivity contribution in [3.63, 3.8) is 0 Å². The first kappa shape index (κ1) is 24.8. The molecule has 4 heterocycles. The van der Waals surface area contributed by atoms with Crippen LogP contribution >= 0.6 is 0 Å². The summed E-state index contributed by atoms with van der Waals surface area (Å²) in [5.74, 6) is -0.600. The fraction of sp³-hybridized carbons (Fsp3) is 0.586. The summed E-state index contributed by atoms with van der Waals surface area (Å²) in [4.78, 5) is 29.9. The predicted molar refractivity (Wildman–Crippen MR) is 136 cm³/mol. The first-order valence-electron chi connectivity index (χ1n) is 13.5. The first-order valence-corrected chi connectivity index (χ1v) is 13.5. The average Bonchev–Trinajstić information content (AvgIpc) is 3.31. The summed E-state index contributed by atoms with van der Waals surface area (Å²) in [7, 11) is 0. The Bertz CT molecular complexity index is 1150. The lowest BCUT2D eigenvalue weighted by Gasteiger charge is -2.50. The van der Waals surface area contributed by atoms with Crippen molar-refractivity contribution in [3.8, 4) is 0 Å².